The van der Waals surface area contributed by atoms with Gasteiger partial charge in [-0.25, -0.2) is 0 Å². The molecule has 3 aromatic rings. The van der Waals surface area contributed by atoms with Gasteiger partial charge in [0, 0.05) is 42.3 Å². The summed E-state index contributed by atoms with van der Waals surface area (Å²) in [7, 11) is 1.84. The second-order valence-corrected chi connectivity index (χ2v) is 5.23. The number of pyridine rings is 1. The van der Waals surface area contributed by atoms with Crippen LogP contribution in [-0.4, -0.2) is 20.5 Å². The number of hydrogen-bond acceptors (Lipinski definition) is 4. The van der Waals surface area contributed by atoms with E-state index in [1.807, 2.05) is 31.4 Å². The van der Waals surface area contributed by atoms with Crippen LogP contribution in [0.15, 0.2) is 61.1 Å². The molecule has 0 radical (unpaired) electrons. The smallest absolute Gasteiger partial charge is 0.185 e. The number of carbonyl (C=O) groups excluding carboxylic acids is 1. The summed E-state index contributed by atoms with van der Waals surface area (Å²) in [5, 5.41) is 13.2. The Labute approximate surface area is 139 Å². The standard InChI is InChI=1S/C19H14N4O/c1-23-13-17(19(22-23)16-8-10-21-11-9-16)6-7-18(24)15-4-2-14(12-20)3-5-15/h2-11,13H,1H3/b7-6+. The summed E-state index contributed by atoms with van der Waals surface area (Å²) in [6.07, 6.45) is 8.55. The lowest BCUT2D eigenvalue weighted by atomic mass is 10.1. The zero-order valence-corrected chi connectivity index (χ0v) is 13.0. The third-order valence-electron chi connectivity index (χ3n) is 3.52. The number of aromatic nitrogens is 3. The van der Waals surface area contributed by atoms with E-state index in [1.165, 1.54) is 6.08 Å². The number of aryl methyl sites for hydroxylation is 1. The predicted octanol–water partition coefficient (Wildman–Crippen LogP) is 3.25. The highest BCUT2D eigenvalue weighted by atomic mass is 16.1. The molecule has 2 aromatic heterocycles. The molecular weight excluding hydrogens is 300 g/mol. The van der Waals surface area contributed by atoms with Gasteiger partial charge in [-0.15, -0.1) is 0 Å². The fourth-order valence-electron chi connectivity index (χ4n) is 2.33. The van der Waals surface area contributed by atoms with Crippen LogP contribution < -0.4 is 0 Å². The van der Waals surface area contributed by atoms with E-state index in [1.54, 1.807) is 47.4 Å². The summed E-state index contributed by atoms with van der Waals surface area (Å²) in [6, 6.07) is 12.4. The lowest BCUT2D eigenvalue weighted by Gasteiger charge is -1.98. The van der Waals surface area contributed by atoms with Crippen LogP contribution in [0.2, 0.25) is 0 Å². The average molecular weight is 314 g/mol. The molecule has 0 bridgehead atoms. The molecule has 3 rings (SSSR count). The molecule has 0 aliphatic rings. The van der Waals surface area contributed by atoms with Crippen LogP contribution in [0.5, 0.6) is 0 Å². The van der Waals surface area contributed by atoms with Gasteiger partial charge in [0.1, 0.15) is 0 Å². The van der Waals surface area contributed by atoms with Gasteiger partial charge in [-0.2, -0.15) is 10.4 Å². The predicted molar refractivity (Wildman–Crippen MR) is 91.0 cm³/mol. The van der Waals surface area contributed by atoms with Crippen molar-refractivity contribution in [1.82, 2.24) is 14.8 Å². The molecule has 0 unspecified atom stereocenters. The molecular formula is C19H14N4O. The van der Waals surface area contributed by atoms with Gasteiger partial charge in [-0.3, -0.25) is 14.5 Å². The third kappa shape index (κ3) is 3.28. The first-order valence-corrected chi connectivity index (χ1v) is 7.34. The summed E-state index contributed by atoms with van der Waals surface area (Å²) in [4.78, 5) is 16.3. The molecule has 0 N–H and O–H groups in total. The number of benzene rings is 1. The van der Waals surface area contributed by atoms with Crippen LogP contribution in [-0.2, 0) is 7.05 Å². The maximum Gasteiger partial charge on any atom is 0.185 e. The average Bonchev–Trinajstić information content (AvgIpc) is 3.01. The van der Waals surface area contributed by atoms with Crippen LogP contribution in [0.25, 0.3) is 17.3 Å². The molecule has 116 valence electrons. The number of carbonyl (C=O) groups is 1. The number of ketones is 1. The molecule has 24 heavy (non-hydrogen) atoms. The van der Waals surface area contributed by atoms with Crippen molar-refractivity contribution in [2.24, 2.45) is 7.05 Å². The molecule has 0 atom stereocenters. The highest BCUT2D eigenvalue weighted by Gasteiger charge is 2.08. The zero-order valence-electron chi connectivity index (χ0n) is 13.0. The van der Waals surface area contributed by atoms with Crippen molar-refractivity contribution in [3.63, 3.8) is 0 Å². The molecule has 5 nitrogen and oxygen atoms in total. The molecule has 1 aromatic carbocycles. The quantitative estimate of drug-likeness (QED) is 0.547. The second kappa shape index (κ2) is 6.71. The van der Waals surface area contributed by atoms with Gasteiger partial charge in [0.15, 0.2) is 5.78 Å². The Balaban J connectivity index is 1.87. The van der Waals surface area contributed by atoms with Gasteiger partial charge in [0.05, 0.1) is 17.3 Å². The van der Waals surface area contributed by atoms with Crippen molar-refractivity contribution in [3.8, 4) is 17.3 Å². The molecule has 0 spiro atoms. The Hall–Kier alpha value is -3.52. The highest BCUT2D eigenvalue weighted by Crippen LogP contribution is 2.22. The maximum atomic E-state index is 12.3. The van der Waals surface area contributed by atoms with Gasteiger partial charge in [-0.05, 0) is 48.6 Å². The number of nitriles is 1. The Bertz CT molecular complexity index is 932. The van der Waals surface area contributed by atoms with E-state index in [-0.39, 0.29) is 5.78 Å². The fraction of sp³-hybridized carbons (Fsp3) is 0.0526. The van der Waals surface area contributed by atoms with Crippen LogP contribution in [0.1, 0.15) is 21.5 Å². The SMILES string of the molecule is Cn1cc(/C=C/C(=O)c2ccc(C#N)cc2)c(-c2ccncc2)n1. The van der Waals surface area contributed by atoms with Crippen LogP contribution >= 0.6 is 0 Å². The first kappa shape index (κ1) is 15.4. The highest BCUT2D eigenvalue weighted by molar-refractivity contribution is 6.07. The number of allylic oxidation sites excluding steroid dienone is 1. The molecule has 0 aliphatic carbocycles. The monoisotopic (exact) mass is 314 g/mol. The summed E-state index contributed by atoms with van der Waals surface area (Å²) in [5.74, 6) is -0.121. The van der Waals surface area contributed by atoms with Gasteiger partial charge in [0.2, 0.25) is 0 Å². The first-order valence-electron chi connectivity index (χ1n) is 7.34. The molecule has 0 saturated carbocycles. The number of hydrogen-bond donors (Lipinski definition) is 0. The molecule has 2 heterocycles. The van der Waals surface area contributed by atoms with Crippen molar-refractivity contribution in [2.75, 3.05) is 0 Å². The Morgan fingerprint density at radius 2 is 1.88 bits per heavy atom. The van der Waals surface area contributed by atoms with E-state index in [9.17, 15) is 4.79 Å². The Kier molecular flexibility index (Phi) is 4.30. The van der Waals surface area contributed by atoms with E-state index >= 15 is 0 Å². The van der Waals surface area contributed by atoms with E-state index in [0.29, 0.717) is 11.1 Å². The van der Waals surface area contributed by atoms with Crippen LogP contribution in [0.4, 0.5) is 0 Å². The van der Waals surface area contributed by atoms with Crippen molar-refractivity contribution in [1.29, 1.82) is 5.26 Å². The Morgan fingerprint density at radius 3 is 2.54 bits per heavy atom. The molecule has 0 saturated heterocycles. The van der Waals surface area contributed by atoms with Crippen LogP contribution in [0, 0.1) is 11.3 Å². The maximum absolute atomic E-state index is 12.3. The largest absolute Gasteiger partial charge is 0.289 e. The number of nitrogens with zero attached hydrogens (tertiary/aromatic N) is 4. The summed E-state index contributed by atoms with van der Waals surface area (Å²) < 4.78 is 1.71. The summed E-state index contributed by atoms with van der Waals surface area (Å²) in [6.45, 7) is 0. The Morgan fingerprint density at radius 1 is 1.17 bits per heavy atom. The van der Waals surface area contributed by atoms with Gasteiger partial charge in [0.25, 0.3) is 0 Å². The van der Waals surface area contributed by atoms with Crippen LogP contribution in [0.3, 0.4) is 0 Å². The van der Waals surface area contributed by atoms with Gasteiger partial charge in [-0.1, -0.05) is 0 Å². The van der Waals surface area contributed by atoms with Crippen molar-refractivity contribution in [3.05, 3.63) is 77.8 Å². The lowest BCUT2D eigenvalue weighted by molar-refractivity contribution is 0.104. The topological polar surface area (TPSA) is 71.6 Å². The minimum atomic E-state index is -0.121. The van der Waals surface area contributed by atoms with E-state index < -0.39 is 0 Å². The van der Waals surface area contributed by atoms with Gasteiger partial charge >= 0.3 is 0 Å². The fourth-order valence-corrected chi connectivity index (χ4v) is 2.33. The molecule has 0 amide bonds. The minimum absolute atomic E-state index is 0.121. The number of rotatable bonds is 4. The minimum Gasteiger partial charge on any atom is -0.289 e. The lowest BCUT2D eigenvalue weighted by Crippen LogP contribution is -1.93. The van der Waals surface area contributed by atoms with Gasteiger partial charge < -0.3 is 0 Å². The second-order valence-electron chi connectivity index (χ2n) is 5.23. The molecule has 0 aliphatic heterocycles. The third-order valence-corrected chi connectivity index (χ3v) is 3.52. The van der Waals surface area contributed by atoms with E-state index in [4.69, 9.17) is 5.26 Å². The molecule has 5 heteroatoms. The van der Waals surface area contributed by atoms with Crippen molar-refractivity contribution < 1.29 is 4.79 Å². The molecule has 0 fully saturated rings. The van der Waals surface area contributed by atoms with E-state index in [2.05, 4.69) is 10.1 Å². The van der Waals surface area contributed by atoms with E-state index in [0.717, 1.165) is 16.8 Å². The first-order chi connectivity index (χ1) is 11.7. The zero-order chi connectivity index (χ0) is 16.9. The van der Waals surface area contributed by atoms with Crippen molar-refractivity contribution in [2.45, 2.75) is 0 Å². The van der Waals surface area contributed by atoms with Crippen molar-refractivity contribution >= 4 is 11.9 Å². The normalized spacial score (nSPS) is 10.7. The summed E-state index contributed by atoms with van der Waals surface area (Å²) >= 11 is 0. The summed E-state index contributed by atoms with van der Waals surface area (Å²) in [5.41, 5.74) is 3.66.